The highest BCUT2D eigenvalue weighted by Crippen LogP contribution is 2.01. The van der Waals surface area contributed by atoms with Crippen molar-refractivity contribution in [1.29, 1.82) is 0 Å². The normalized spacial score (nSPS) is 10.6. The van der Waals surface area contributed by atoms with Gasteiger partial charge in [0.1, 0.15) is 12.4 Å². The van der Waals surface area contributed by atoms with Crippen LogP contribution in [0.5, 0.6) is 0 Å². The second-order valence-corrected chi connectivity index (χ2v) is 4.72. The summed E-state index contributed by atoms with van der Waals surface area (Å²) in [5, 5.41) is 9.78. The van der Waals surface area contributed by atoms with E-state index in [-0.39, 0.29) is 12.5 Å². The number of rotatable bonds is 8. The van der Waals surface area contributed by atoms with E-state index >= 15 is 0 Å². The minimum absolute atomic E-state index is 0.000885. The van der Waals surface area contributed by atoms with Crippen LogP contribution in [0.1, 0.15) is 45.4 Å². The summed E-state index contributed by atoms with van der Waals surface area (Å²) in [7, 11) is 0. The maximum Gasteiger partial charge on any atom is 0.240 e. The first-order valence-electron chi connectivity index (χ1n) is 6.59. The highest BCUT2D eigenvalue weighted by atomic mass is 32.1. The van der Waals surface area contributed by atoms with E-state index in [1.54, 1.807) is 4.57 Å². The first-order valence-corrected chi connectivity index (χ1v) is 7.00. The Morgan fingerprint density at radius 2 is 2.17 bits per heavy atom. The molecule has 2 N–H and O–H groups in total. The van der Waals surface area contributed by atoms with E-state index in [4.69, 9.17) is 12.2 Å². The zero-order valence-corrected chi connectivity index (χ0v) is 12.0. The summed E-state index contributed by atoms with van der Waals surface area (Å²) in [5.41, 5.74) is 0. The van der Waals surface area contributed by atoms with E-state index < -0.39 is 0 Å². The van der Waals surface area contributed by atoms with Crippen LogP contribution in [0.15, 0.2) is 0 Å². The number of aromatic nitrogens is 3. The molecule has 1 aromatic rings. The van der Waals surface area contributed by atoms with Crippen LogP contribution < -0.4 is 5.32 Å². The molecule has 6 heteroatoms. The van der Waals surface area contributed by atoms with Gasteiger partial charge >= 0.3 is 0 Å². The predicted octanol–water partition coefficient (Wildman–Crippen LogP) is 2.20. The fraction of sp³-hybridized carbons (Fsp3) is 0.750. The third-order valence-electron chi connectivity index (χ3n) is 2.72. The largest absolute Gasteiger partial charge is 0.355 e. The third kappa shape index (κ3) is 4.60. The quantitative estimate of drug-likeness (QED) is 0.562. The average Bonchev–Trinajstić information content (AvgIpc) is 2.68. The minimum atomic E-state index is 0.000885. The van der Waals surface area contributed by atoms with E-state index in [2.05, 4.69) is 29.4 Å². The molecule has 0 radical (unpaired) electrons. The maximum atomic E-state index is 11.8. The summed E-state index contributed by atoms with van der Waals surface area (Å²) in [5.74, 6) is 0.854. The second-order valence-electron chi connectivity index (χ2n) is 4.34. The summed E-state index contributed by atoms with van der Waals surface area (Å²) in [4.78, 5) is 11.8. The Balaban J connectivity index is 2.48. The lowest BCUT2D eigenvalue weighted by Gasteiger charge is -2.07. The smallest absolute Gasteiger partial charge is 0.240 e. The van der Waals surface area contributed by atoms with Gasteiger partial charge in [-0.2, -0.15) is 5.10 Å². The van der Waals surface area contributed by atoms with Gasteiger partial charge in [0.25, 0.3) is 0 Å². The van der Waals surface area contributed by atoms with E-state index in [1.165, 1.54) is 0 Å². The Bertz CT molecular complexity index is 424. The molecule has 1 amide bonds. The highest BCUT2D eigenvalue weighted by molar-refractivity contribution is 7.71. The number of hydrogen-bond acceptors (Lipinski definition) is 3. The Labute approximate surface area is 113 Å². The lowest BCUT2D eigenvalue weighted by Crippen LogP contribution is -2.29. The third-order valence-corrected chi connectivity index (χ3v) is 3.03. The number of H-pyrrole nitrogens is 1. The van der Waals surface area contributed by atoms with Crippen molar-refractivity contribution in [3.63, 3.8) is 0 Å². The monoisotopic (exact) mass is 270 g/mol. The molecule has 0 unspecified atom stereocenters. The average molecular weight is 270 g/mol. The van der Waals surface area contributed by atoms with Crippen molar-refractivity contribution < 1.29 is 4.79 Å². The van der Waals surface area contributed by atoms with Crippen LogP contribution in [-0.2, 0) is 17.8 Å². The van der Waals surface area contributed by atoms with E-state index in [1.807, 2.05) is 0 Å². The fourth-order valence-corrected chi connectivity index (χ4v) is 1.95. The number of nitrogens with zero attached hydrogens (tertiary/aromatic N) is 2. The van der Waals surface area contributed by atoms with Crippen LogP contribution in [0.4, 0.5) is 0 Å². The Morgan fingerprint density at radius 1 is 1.39 bits per heavy atom. The second kappa shape index (κ2) is 8.02. The summed E-state index contributed by atoms with van der Waals surface area (Å²) < 4.78 is 2.29. The summed E-state index contributed by atoms with van der Waals surface area (Å²) in [6.07, 6.45) is 5.14. The summed E-state index contributed by atoms with van der Waals surface area (Å²) in [6.45, 7) is 5.22. The molecule has 0 saturated carbocycles. The number of carbonyl (C=O) groups is 1. The summed E-state index contributed by atoms with van der Waals surface area (Å²) >= 11 is 5.12. The van der Waals surface area contributed by atoms with Crippen LogP contribution in [0.3, 0.4) is 0 Å². The molecule has 0 spiro atoms. The van der Waals surface area contributed by atoms with Crippen LogP contribution in [0.25, 0.3) is 0 Å². The van der Waals surface area contributed by atoms with Gasteiger partial charge in [-0.05, 0) is 25.1 Å². The standard InChI is InChI=1S/C12H22N4OS/c1-3-5-6-8-13-11(17)9-16-10(7-4-2)14-15-12(16)18/h3-9H2,1-2H3,(H,13,17)(H,15,18). The maximum absolute atomic E-state index is 11.8. The SMILES string of the molecule is CCCCCNC(=O)Cn1c(CCC)n[nH]c1=S. The van der Waals surface area contributed by atoms with Crippen molar-refractivity contribution >= 4 is 18.1 Å². The predicted molar refractivity (Wildman–Crippen MR) is 73.9 cm³/mol. The van der Waals surface area contributed by atoms with Crippen LogP contribution >= 0.6 is 12.2 Å². The van der Waals surface area contributed by atoms with Crippen molar-refractivity contribution in [1.82, 2.24) is 20.1 Å². The lowest BCUT2D eigenvalue weighted by molar-refractivity contribution is -0.121. The van der Waals surface area contributed by atoms with Gasteiger partial charge in [0, 0.05) is 13.0 Å². The van der Waals surface area contributed by atoms with Gasteiger partial charge in [0.15, 0.2) is 4.77 Å². The van der Waals surface area contributed by atoms with Crippen molar-refractivity contribution in [3.05, 3.63) is 10.6 Å². The molecule has 0 atom stereocenters. The number of aromatic amines is 1. The Hall–Kier alpha value is -1.17. The molecule has 5 nitrogen and oxygen atoms in total. The Morgan fingerprint density at radius 3 is 2.83 bits per heavy atom. The van der Waals surface area contributed by atoms with Crippen LogP contribution in [0.2, 0.25) is 0 Å². The number of unbranched alkanes of at least 4 members (excludes halogenated alkanes) is 2. The van der Waals surface area contributed by atoms with Gasteiger partial charge < -0.3 is 5.32 Å². The first kappa shape index (κ1) is 14.9. The molecule has 0 aliphatic rings. The first-order chi connectivity index (χ1) is 8.69. The van der Waals surface area contributed by atoms with Crippen molar-refractivity contribution in [2.45, 2.75) is 52.5 Å². The fourth-order valence-electron chi connectivity index (χ4n) is 1.73. The molecule has 18 heavy (non-hydrogen) atoms. The molecule has 0 aromatic carbocycles. The molecule has 0 fully saturated rings. The van der Waals surface area contributed by atoms with E-state index in [0.717, 1.165) is 44.5 Å². The molecular formula is C12H22N4OS. The lowest BCUT2D eigenvalue weighted by atomic mass is 10.2. The van der Waals surface area contributed by atoms with Crippen LogP contribution in [0, 0.1) is 4.77 Å². The Kier molecular flexibility index (Phi) is 6.64. The molecule has 0 bridgehead atoms. The van der Waals surface area contributed by atoms with Gasteiger partial charge in [0.2, 0.25) is 5.91 Å². The van der Waals surface area contributed by atoms with Gasteiger partial charge in [0.05, 0.1) is 0 Å². The number of aryl methyl sites for hydroxylation is 1. The molecular weight excluding hydrogens is 248 g/mol. The van der Waals surface area contributed by atoms with Crippen molar-refractivity contribution in [3.8, 4) is 0 Å². The zero-order chi connectivity index (χ0) is 13.4. The topological polar surface area (TPSA) is 62.7 Å². The molecule has 0 aliphatic heterocycles. The minimum Gasteiger partial charge on any atom is -0.355 e. The number of nitrogens with one attached hydrogen (secondary N) is 2. The number of amides is 1. The molecule has 0 aliphatic carbocycles. The summed E-state index contributed by atoms with van der Waals surface area (Å²) in [6, 6.07) is 0. The molecule has 1 aromatic heterocycles. The van der Waals surface area contributed by atoms with Crippen LogP contribution in [-0.4, -0.2) is 27.2 Å². The molecule has 102 valence electrons. The molecule has 1 rings (SSSR count). The zero-order valence-electron chi connectivity index (χ0n) is 11.2. The van der Waals surface area contributed by atoms with Gasteiger partial charge in [-0.3, -0.25) is 14.5 Å². The number of carbonyl (C=O) groups excluding carboxylic acids is 1. The molecule has 1 heterocycles. The van der Waals surface area contributed by atoms with Gasteiger partial charge in [-0.15, -0.1) is 0 Å². The highest BCUT2D eigenvalue weighted by Gasteiger charge is 2.09. The number of hydrogen-bond donors (Lipinski definition) is 2. The van der Waals surface area contributed by atoms with E-state index in [9.17, 15) is 4.79 Å². The van der Waals surface area contributed by atoms with Gasteiger partial charge in [-0.25, -0.2) is 0 Å². The van der Waals surface area contributed by atoms with Crippen molar-refractivity contribution in [2.75, 3.05) is 6.54 Å². The van der Waals surface area contributed by atoms with Gasteiger partial charge in [-0.1, -0.05) is 26.7 Å². The van der Waals surface area contributed by atoms with E-state index in [0.29, 0.717) is 4.77 Å². The van der Waals surface area contributed by atoms with Crippen molar-refractivity contribution in [2.24, 2.45) is 0 Å². The molecule has 0 saturated heterocycles.